The van der Waals surface area contributed by atoms with Crippen LogP contribution in [0.1, 0.15) is 36.2 Å². The summed E-state index contributed by atoms with van der Waals surface area (Å²) in [5.74, 6) is 0.123. The van der Waals surface area contributed by atoms with Gasteiger partial charge in [0.2, 0.25) is 5.91 Å². The third-order valence-corrected chi connectivity index (χ3v) is 5.20. The van der Waals surface area contributed by atoms with Gasteiger partial charge in [-0.25, -0.2) is 0 Å². The average molecular weight is 364 g/mol. The number of carbonyl (C=O) groups is 2. The van der Waals surface area contributed by atoms with Gasteiger partial charge in [0.15, 0.2) is 4.34 Å². The van der Waals surface area contributed by atoms with Crippen molar-refractivity contribution >= 4 is 34.9 Å². The van der Waals surface area contributed by atoms with Crippen LogP contribution in [0, 0.1) is 0 Å². The van der Waals surface area contributed by atoms with Crippen LogP contribution in [-0.2, 0) is 11.3 Å². The van der Waals surface area contributed by atoms with E-state index in [1.54, 1.807) is 17.6 Å². The van der Waals surface area contributed by atoms with Gasteiger partial charge in [0, 0.05) is 18.2 Å². The van der Waals surface area contributed by atoms with Crippen molar-refractivity contribution in [1.82, 2.24) is 20.8 Å². The highest BCUT2D eigenvalue weighted by atomic mass is 32.2. The second-order valence-electron chi connectivity index (χ2n) is 5.25. The maximum atomic E-state index is 12.1. The summed E-state index contributed by atoms with van der Waals surface area (Å²) in [5.41, 5.74) is 3.13. The van der Waals surface area contributed by atoms with Gasteiger partial charge in [-0.1, -0.05) is 42.2 Å². The zero-order valence-electron chi connectivity index (χ0n) is 13.6. The third kappa shape index (κ3) is 5.93. The molecule has 128 valence electrons. The van der Waals surface area contributed by atoms with Crippen LogP contribution in [0.4, 0.5) is 0 Å². The first-order valence-corrected chi connectivity index (χ1v) is 9.50. The number of carbonyl (C=O) groups excluding carboxylic acids is 2. The van der Waals surface area contributed by atoms with E-state index in [-0.39, 0.29) is 17.9 Å². The van der Waals surface area contributed by atoms with Crippen LogP contribution in [0.5, 0.6) is 0 Å². The molecule has 6 nitrogen and oxygen atoms in total. The van der Waals surface area contributed by atoms with Gasteiger partial charge in [0.1, 0.15) is 5.51 Å². The van der Waals surface area contributed by atoms with Crippen molar-refractivity contribution in [3.63, 3.8) is 0 Å². The summed E-state index contributed by atoms with van der Waals surface area (Å²) in [6, 6.07) is 7.42. The molecule has 24 heavy (non-hydrogen) atoms. The van der Waals surface area contributed by atoms with Crippen LogP contribution in [0.15, 0.2) is 34.1 Å². The highest BCUT2D eigenvalue weighted by Gasteiger charge is 2.10. The zero-order valence-corrected chi connectivity index (χ0v) is 15.2. The molecule has 2 N–H and O–H groups in total. The number of aromatic nitrogens is 2. The van der Waals surface area contributed by atoms with Gasteiger partial charge in [-0.2, -0.15) is 0 Å². The first kappa shape index (κ1) is 18.4. The maximum Gasteiger partial charge on any atom is 0.251 e. The molecule has 1 unspecified atom stereocenters. The second kappa shape index (κ2) is 9.39. The molecule has 0 saturated carbocycles. The smallest absolute Gasteiger partial charge is 0.251 e. The summed E-state index contributed by atoms with van der Waals surface area (Å²) in [7, 11) is 0. The molecule has 0 aliphatic carbocycles. The van der Waals surface area contributed by atoms with Crippen LogP contribution < -0.4 is 10.6 Å². The van der Waals surface area contributed by atoms with Crippen molar-refractivity contribution < 1.29 is 9.59 Å². The Morgan fingerprint density at radius 1 is 1.38 bits per heavy atom. The van der Waals surface area contributed by atoms with Crippen LogP contribution in [-0.4, -0.2) is 33.8 Å². The molecule has 2 amide bonds. The summed E-state index contributed by atoms with van der Waals surface area (Å²) >= 11 is 2.76. The lowest BCUT2D eigenvalue weighted by molar-refractivity contribution is -0.118. The monoisotopic (exact) mass is 364 g/mol. The molecule has 8 heteroatoms. The Labute approximate surface area is 149 Å². The molecule has 1 atom stereocenters. The van der Waals surface area contributed by atoms with Gasteiger partial charge < -0.3 is 10.6 Å². The minimum Gasteiger partial charge on any atom is -0.351 e. The number of nitrogens with one attached hydrogen (secondary N) is 2. The molecule has 0 saturated heterocycles. The summed E-state index contributed by atoms with van der Waals surface area (Å²) in [5, 5.41) is 13.4. The predicted molar refractivity (Wildman–Crippen MR) is 96.1 cm³/mol. The number of hydrogen-bond acceptors (Lipinski definition) is 6. The van der Waals surface area contributed by atoms with Crippen LogP contribution in [0.25, 0.3) is 0 Å². The van der Waals surface area contributed by atoms with E-state index in [1.165, 1.54) is 23.1 Å². The largest absolute Gasteiger partial charge is 0.351 e. The summed E-state index contributed by atoms with van der Waals surface area (Å²) in [6.07, 6.45) is 0.883. The van der Waals surface area contributed by atoms with Gasteiger partial charge in [-0.05, 0) is 31.0 Å². The highest BCUT2D eigenvalue weighted by Crippen LogP contribution is 2.18. The molecular formula is C16H20N4O2S2. The molecule has 1 aromatic carbocycles. The van der Waals surface area contributed by atoms with E-state index in [9.17, 15) is 9.59 Å². The maximum absolute atomic E-state index is 12.1. The van der Waals surface area contributed by atoms with Crippen LogP contribution in [0.3, 0.4) is 0 Å². The number of hydrogen-bond donors (Lipinski definition) is 2. The molecule has 0 bridgehead atoms. The SMILES string of the molecule is CCC(C)NC(=O)c1cccc(CNC(=O)CSc2nncs2)c1. The molecule has 1 aromatic heterocycles. The van der Waals surface area contributed by atoms with Crippen molar-refractivity contribution in [1.29, 1.82) is 0 Å². The van der Waals surface area contributed by atoms with Crippen molar-refractivity contribution in [2.75, 3.05) is 5.75 Å². The number of rotatable bonds is 8. The molecule has 0 spiro atoms. The predicted octanol–water partition coefficient (Wildman–Crippen LogP) is 2.47. The van der Waals surface area contributed by atoms with Gasteiger partial charge >= 0.3 is 0 Å². The standard InChI is InChI=1S/C16H20N4O2S2/c1-3-11(2)19-15(22)13-6-4-5-12(7-13)8-17-14(21)9-23-16-20-18-10-24-16/h4-7,10-11H,3,8-9H2,1-2H3,(H,17,21)(H,19,22). The minimum atomic E-state index is -0.0932. The van der Waals surface area contributed by atoms with E-state index in [4.69, 9.17) is 0 Å². The number of thioether (sulfide) groups is 1. The molecule has 0 aliphatic rings. The highest BCUT2D eigenvalue weighted by molar-refractivity contribution is 8.01. The summed E-state index contributed by atoms with van der Waals surface area (Å²) in [6.45, 7) is 4.38. The van der Waals surface area contributed by atoms with Crippen molar-refractivity contribution in [2.45, 2.75) is 37.2 Å². The Morgan fingerprint density at radius 2 is 2.21 bits per heavy atom. The van der Waals surface area contributed by atoms with E-state index < -0.39 is 0 Å². The molecule has 0 fully saturated rings. The Balaban J connectivity index is 1.83. The molecule has 2 rings (SSSR count). The van der Waals surface area contributed by atoms with E-state index in [1.807, 2.05) is 26.0 Å². The molecule has 0 radical (unpaired) electrons. The Bertz CT molecular complexity index is 676. The van der Waals surface area contributed by atoms with Crippen molar-refractivity contribution in [3.05, 3.63) is 40.9 Å². The molecular weight excluding hydrogens is 344 g/mol. The third-order valence-electron chi connectivity index (χ3n) is 3.34. The number of benzene rings is 1. The van der Waals surface area contributed by atoms with Gasteiger partial charge in [-0.3, -0.25) is 9.59 Å². The summed E-state index contributed by atoms with van der Waals surface area (Å²) < 4.78 is 0.772. The first-order valence-electron chi connectivity index (χ1n) is 7.64. The van der Waals surface area contributed by atoms with Gasteiger partial charge in [0.05, 0.1) is 5.75 Å². The Morgan fingerprint density at radius 3 is 2.92 bits per heavy atom. The van der Waals surface area contributed by atoms with E-state index in [0.29, 0.717) is 17.9 Å². The van der Waals surface area contributed by atoms with E-state index >= 15 is 0 Å². The zero-order chi connectivity index (χ0) is 17.4. The lowest BCUT2D eigenvalue weighted by atomic mass is 10.1. The average Bonchev–Trinajstić information content (AvgIpc) is 3.11. The lowest BCUT2D eigenvalue weighted by Gasteiger charge is -2.12. The number of amides is 2. The van der Waals surface area contributed by atoms with Crippen molar-refractivity contribution in [3.8, 4) is 0 Å². The quantitative estimate of drug-likeness (QED) is 0.703. The fraction of sp³-hybridized carbons (Fsp3) is 0.375. The number of nitrogens with zero attached hydrogens (tertiary/aromatic N) is 2. The van der Waals surface area contributed by atoms with E-state index in [0.717, 1.165) is 16.3 Å². The second-order valence-corrected chi connectivity index (χ2v) is 7.31. The van der Waals surface area contributed by atoms with Crippen molar-refractivity contribution in [2.24, 2.45) is 0 Å². The molecule has 0 aliphatic heterocycles. The minimum absolute atomic E-state index is 0.0790. The Kier molecular flexibility index (Phi) is 7.20. The van der Waals surface area contributed by atoms with Gasteiger partial charge in [0.25, 0.3) is 5.91 Å². The fourth-order valence-electron chi connectivity index (χ4n) is 1.84. The molecule has 2 aromatic rings. The lowest BCUT2D eigenvalue weighted by Crippen LogP contribution is -2.32. The molecule has 1 heterocycles. The topological polar surface area (TPSA) is 84.0 Å². The van der Waals surface area contributed by atoms with E-state index in [2.05, 4.69) is 20.8 Å². The van der Waals surface area contributed by atoms with Crippen LogP contribution >= 0.6 is 23.1 Å². The first-order chi connectivity index (χ1) is 11.6. The van der Waals surface area contributed by atoms with Gasteiger partial charge in [-0.15, -0.1) is 10.2 Å². The van der Waals surface area contributed by atoms with Crippen LogP contribution in [0.2, 0.25) is 0 Å². The normalized spacial score (nSPS) is 11.8. The summed E-state index contributed by atoms with van der Waals surface area (Å²) in [4.78, 5) is 24.0. The Hall–Kier alpha value is -1.93. The fourth-order valence-corrected chi connectivity index (χ4v) is 3.15.